The average molecular weight is 597 g/mol. The van der Waals surface area contributed by atoms with Gasteiger partial charge in [-0.05, 0) is 35.9 Å². The Morgan fingerprint density at radius 2 is 1.66 bits per heavy atom. The quantitative estimate of drug-likeness (QED) is 0.176. The van der Waals surface area contributed by atoms with Gasteiger partial charge in [0.15, 0.2) is 0 Å². The zero-order valence-corrected chi connectivity index (χ0v) is 24.8. The SMILES string of the molecule is CNC(=O)CN1CCN(CCON(C)C(=O)c2ccc(N/C(=C3\C(=O)Nc4cc(C=O)ccc43)c3ccccc3)cc2)CC1. The van der Waals surface area contributed by atoms with Crippen molar-refractivity contribution in [2.45, 2.75) is 0 Å². The standard InChI is InChI=1S/C33H36N6O5/c1-34-29(41)21-39-16-14-38(15-17-39)18-19-44-37(2)33(43)25-9-11-26(12-10-25)35-31(24-6-4-3-5-7-24)30-27-13-8-23(22-40)20-28(27)36-32(30)42/h3-13,20,22,35H,14-19,21H2,1-2H3,(H,34,41)(H,36,42)/b31-30-. The lowest BCUT2D eigenvalue weighted by atomic mass is 9.99. The number of hydrogen-bond donors (Lipinski definition) is 3. The molecule has 3 N–H and O–H groups in total. The van der Waals surface area contributed by atoms with Crippen LogP contribution in [0.4, 0.5) is 11.4 Å². The molecule has 2 aliphatic heterocycles. The van der Waals surface area contributed by atoms with E-state index in [0.717, 1.165) is 38.0 Å². The van der Waals surface area contributed by atoms with E-state index >= 15 is 0 Å². The molecule has 5 rings (SSSR count). The van der Waals surface area contributed by atoms with Gasteiger partial charge in [-0.25, -0.2) is 5.06 Å². The first-order valence-electron chi connectivity index (χ1n) is 14.5. The minimum atomic E-state index is -0.274. The molecule has 0 atom stereocenters. The lowest BCUT2D eigenvalue weighted by molar-refractivity contribution is -0.122. The Balaban J connectivity index is 1.22. The molecule has 3 aromatic rings. The Morgan fingerprint density at radius 3 is 2.34 bits per heavy atom. The van der Waals surface area contributed by atoms with E-state index in [-0.39, 0.29) is 17.7 Å². The summed E-state index contributed by atoms with van der Waals surface area (Å²) in [6.45, 7) is 4.74. The molecular formula is C33H36N6O5. The van der Waals surface area contributed by atoms with Gasteiger partial charge in [-0.1, -0.05) is 42.5 Å². The van der Waals surface area contributed by atoms with Crippen molar-refractivity contribution in [1.29, 1.82) is 0 Å². The van der Waals surface area contributed by atoms with Gasteiger partial charge < -0.3 is 16.0 Å². The van der Waals surface area contributed by atoms with E-state index in [1.54, 1.807) is 56.6 Å². The third kappa shape index (κ3) is 7.20. The zero-order chi connectivity index (χ0) is 31.1. The van der Waals surface area contributed by atoms with Crippen LogP contribution in [-0.2, 0) is 14.4 Å². The van der Waals surface area contributed by atoms with Crippen LogP contribution in [0.5, 0.6) is 0 Å². The number of carbonyl (C=O) groups is 4. The predicted octanol–water partition coefficient (Wildman–Crippen LogP) is 2.80. The van der Waals surface area contributed by atoms with Crippen LogP contribution in [0, 0.1) is 0 Å². The predicted molar refractivity (Wildman–Crippen MR) is 169 cm³/mol. The highest BCUT2D eigenvalue weighted by atomic mass is 16.7. The summed E-state index contributed by atoms with van der Waals surface area (Å²) in [5.41, 5.74) is 4.79. The van der Waals surface area contributed by atoms with Crippen LogP contribution in [-0.4, -0.2) is 98.8 Å². The number of nitrogens with zero attached hydrogens (tertiary/aromatic N) is 3. The van der Waals surface area contributed by atoms with Crippen LogP contribution in [0.2, 0.25) is 0 Å². The van der Waals surface area contributed by atoms with E-state index in [2.05, 4.69) is 25.8 Å². The number of piperazine rings is 1. The maximum atomic E-state index is 13.1. The summed E-state index contributed by atoms with van der Waals surface area (Å²) >= 11 is 0. The Hall–Kier alpha value is -4.84. The highest BCUT2D eigenvalue weighted by molar-refractivity contribution is 6.37. The van der Waals surface area contributed by atoms with Gasteiger partial charge in [0.05, 0.1) is 24.4 Å². The Labute approximate surface area is 256 Å². The summed E-state index contributed by atoms with van der Waals surface area (Å²) in [5, 5.41) is 10.1. The van der Waals surface area contributed by atoms with E-state index in [0.29, 0.717) is 59.0 Å². The fourth-order valence-electron chi connectivity index (χ4n) is 5.24. The third-order valence-corrected chi connectivity index (χ3v) is 7.73. The van der Waals surface area contributed by atoms with Crippen LogP contribution in [0.15, 0.2) is 72.8 Å². The second-order valence-electron chi connectivity index (χ2n) is 10.6. The van der Waals surface area contributed by atoms with Gasteiger partial charge in [-0.2, -0.15) is 0 Å². The second kappa shape index (κ2) is 14.1. The summed E-state index contributed by atoms with van der Waals surface area (Å²) in [5.74, 6) is -0.532. The number of benzene rings is 3. The van der Waals surface area contributed by atoms with Crippen LogP contribution in [0.3, 0.4) is 0 Å². The van der Waals surface area contributed by atoms with Gasteiger partial charge >= 0.3 is 0 Å². The van der Waals surface area contributed by atoms with Gasteiger partial charge in [0.2, 0.25) is 5.91 Å². The number of hydrogen-bond acceptors (Lipinski definition) is 8. The summed E-state index contributed by atoms with van der Waals surface area (Å²) < 4.78 is 0. The van der Waals surface area contributed by atoms with Gasteiger partial charge in [-0.3, -0.25) is 33.8 Å². The number of rotatable bonds is 11. The largest absolute Gasteiger partial charge is 0.358 e. The van der Waals surface area contributed by atoms with Crippen molar-refractivity contribution in [3.63, 3.8) is 0 Å². The smallest absolute Gasteiger partial charge is 0.277 e. The average Bonchev–Trinajstić information content (AvgIpc) is 3.39. The maximum absolute atomic E-state index is 13.1. The molecule has 1 saturated heterocycles. The normalized spacial score (nSPS) is 16.1. The monoisotopic (exact) mass is 596 g/mol. The molecule has 0 unspecified atom stereocenters. The first kappa shape index (κ1) is 30.6. The van der Waals surface area contributed by atoms with E-state index in [1.165, 1.54) is 5.06 Å². The number of nitrogens with one attached hydrogen (secondary N) is 3. The fourth-order valence-corrected chi connectivity index (χ4v) is 5.24. The lowest BCUT2D eigenvalue weighted by Crippen LogP contribution is -2.50. The topological polar surface area (TPSA) is 123 Å². The van der Waals surface area contributed by atoms with Crippen molar-refractivity contribution in [1.82, 2.24) is 20.2 Å². The van der Waals surface area contributed by atoms with Crippen molar-refractivity contribution in [3.8, 4) is 0 Å². The van der Waals surface area contributed by atoms with Crippen LogP contribution in [0.1, 0.15) is 31.8 Å². The molecule has 0 saturated carbocycles. The van der Waals surface area contributed by atoms with Gasteiger partial charge in [0, 0.05) is 74.9 Å². The summed E-state index contributed by atoms with van der Waals surface area (Å²) in [6.07, 6.45) is 0.745. The number of likely N-dealkylation sites (N-methyl/N-ethyl adjacent to an activating group) is 1. The molecule has 11 nitrogen and oxygen atoms in total. The summed E-state index contributed by atoms with van der Waals surface area (Å²) in [7, 11) is 3.24. The van der Waals surface area contributed by atoms with E-state index in [1.807, 2.05) is 30.3 Å². The van der Waals surface area contributed by atoms with E-state index in [9.17, 15) is 19.2 Å². The van der Waals surface area contributed by atoms with Crippen LogP contribution < -0.4 is 16.0 Å². The zero-order valence-electron chi connectivity index (χ0n) is 24.8. The molecule has 0 radical (unpaired) electrons. The third-order valence-electron chi connectivity index (χ3n) is 7.73. The van der Waals surface area contributed by atoms with E-state index in [4.69, 9.17) is 4.84 Å². The number of carbonyl (C=O) groups excluding carboxylic acids is 4. The molecule has 0 bridgehead atoms. The molecule has 3 amide bonds. The Kier molecular flexibility index (Phi) is 9.80. The molecule has 44 heavy (non-hydrogen) atoms. The van der Waals surface area contributed by atoms with Crippen LogP contribution >= 0.6 is 0 Å². The molecule has 2 aliphatic rings. The molecule has 3 aromatic carbocycles. The van der Waals surface area contributed by atoms with Crippen LogP contribution in [0.25, 0.3) is 11.3 Å². The highest BCUT2D eigenvalue weighted by Crippen LogP contribution is 2.38. The molecule has 2 heterocycles. The van der Waals surface area contributed by atoms with Gasteiger partial charge in [0.1, 0.15) is 6.29 Å². The van der Waals surface area contributed by atoms with Crippen molar-refractivity contribution < 1.29 is 24.0 Å². The maximum Gasteiger partial charge on any atom is 0.277 e. The number of hydroxylamine groups is 2. The van der Waals surface area contributed by atoms with Crippen molar-refractivity contribution in [2.75, 3.05) is 70.6 Å². The minimum absolute atomic E-state index is 0.0152. The molecule has 228 valence electrons. The van der Waals surface area contributed by atoms with Gasteiger partial charge in [0.25, 0.3) is 11.8 Å². The Morgan fingerprint density at radius 1 is 0.955 bits per heavy atom. The highest BCUT2D eigenvalue weighted by Gasteiger charge is 2.29. The van der Waals surface area contributed by atoms with Crippen molar-refractivity contribution in [3.05, 3.63) is 95.1 Å². The second-order valence-corrected chi connectivity index (χ2v) is 10.6. The summed E-state index contributed by atoms with van der Waals surface area (Å²) in [4.78, 5) is 59.1. The molecule has 1 fully saturated rings. The van der Waals surface area contributed by atoms with E-state index < -0.39 is 0 Å². The van der Waals surface area contributed by atoms with Crippen molar-refractivity contribution in [2.24, 2.45) is 0 Å². The molecule has 0 aromatic heterocycles. The number of aldehydes is 1. The first-order valence-corrected chi connectivity index (χ1v) is 14.5. The number of fused-ring (bicyclic) bond motifs is 1. The van der Waals surface area contributed by atoms with Crippen molar-refractivity contribution >= 4 is 46.7 Å². The lowest BCUT2D eigenvalue weighted by Gasteiger charge is -2.34. The minimum Gasteiger partial charge on any atom is -0.358 e. The Bertz CT molecular complexity index is 1550. The molecule has 11 heteroatoms. The number of anilines is 2. The molecule has 0 spiro atoms. The summed E-state index contributed by atoms with van der Waals surface area (Å²) in [6, 6.07) is 21.6. The van der Waals surface area contributed by atoms with Gasteiger partial charge in [-0.15, -0.1) is 0 Å². The first-order chi connectivity index (χ1) is 21.4. The number of amides is 3. The fraction of sp³-hybridized carbons (Fsp3) is 0.273. The molecular weight excluding hydrogens is 560 g/mol. The molecule has 0 aliphatic carbocycles.